The quantitative estimate of drug-likeness (QED) is 0.757. The summed E-state index contributed by atoms with van der Waals surface area (Å²) < 4.78 is 3.27. The molecular weight excluding hydrogens is 352 g/mol. The molecule has 5 heteroatoms. The van der Waals surface area contributed by atoms with Crippen LogP contribution in [0.3, 0.4) is 0 Å². The molecule has 118 valence electrons. The Morgan fingerprint density at radius 3 is 3.13 bits per heavy atom. The second kappa shape index (κ2) is 6.42. The van der Waals surface area contributed by atoms with E-state index in [0.29, 0.717) is 6.04 Å². The van der Waals surface area contributed by atoms with Crippen molar-refractivity contribution >= 4 is 27.0 Å². The van der Waals surface area contributed by atoms with Gasteiger partial charge in [-0.15, -0.1) is 0 Å². The Hall–Kier alpha value is -1.72. The van der Waals surface area contributed by atoms with E-state index in [1.807, 2.05) is 18.6 Å². The van der Waals surface area contributed by atoms with E-state index < -0.39 is 0 Å². The number of pyridine rings is 1. The molecule has 23 heavy (non-hydrogen) atoms. The van der Waals surface area contributed by atoms with Crippen LogP contribution in [0.1, 0.15) is 30.1 Å². The molecule has 3 aromatic rings. The summed E-state index contributed by atoms with van der Waals surface area (Å²) in [5, 5.41) is 3.70. The van der Waals surface area contributed by atoms with Gasteiger partial charge in [0.25, 0.3) is 0 Å². The summed E-state index contributed by atoms with van der Waals surface area (Å²) in [6.07, 6.45) is 7.30. The Labute approximate surface area is 144 Å². The molecule has 1 aliphatic carbocycles. The zero-order valence-electron chi connectivity index (χ0n) is 12.9. The van der Waals surface area contributed by atoms with Gasteiger partial charge in [-0.1, -0.05) is 12.1 Å². The number of aryl methyl sites for hydroxylation is 1. The molecule has 2 heterocycles. The SMILES string of the molecule is Brc1cnc2c(c1)C(NCCn1cnc3ccccc31)CCC2. The minimum Gasteiger partial charge on any atom is -0.329 e. The number of hydrogen-bond donors (Lipinski definition) is 1. The lowest BCUT2D eigenvalue weighted by Gasteiger charge is -2.26. The number of fused-ring (bicyclic) bond motifs is 2. The molecule has 0 radical (unpaired) electrons. The lowest BCUT2D eigenvalue weighted by Crippen LogP contribution is -2.28. The van der Waals surface area contributed by atoms with E-state index in [0.717, 1.165) is 29.5 Å². The van der Waals surface area contributed by atoms with Gasteiger partial charge in [-0.25, -0.2) is 4.98 Å². The number of benzene rings is 1. The summed E-state index contributed by atoms with van der Waals surface area (Å²) in [5.41, 5.74) is 4.84. The van der Waals surface area contributed by atoms with Gasteiger partial charge < -0.3 is 9.88 Å². The van der Waals surface area contributed by atoms with Crippen LogP contribution >= 0.6 is 15.9 Å². The third-order valence-electron chi connectivity index (χ3n) is 4.52. The van der Waals surface area contributed by atoms with Gasteiger partial charge in [0.1, 0.15) is 0 Å². The van der Waals surface area contributed by atoms with Gasteiger partial charge >= 0.3 is 0 Å². The monoisotopic (exact) mass is 370 g/mol. The normalized spacial score (nSPS) is 17.3. The van der Waals surface area contributed by atoms with Gasteiger partial charge in [0.15, 0.2) is 0 Å². The number of hydrogen-bond acceptors (Lipinski definition) is 3. The van der Waals surface area contributed by atoms with E-state index in [4.69, 9.17) is 0 Å². The molecule has 1 aromatic carbocycles. The number of aromatic nitrogens is 3. The Bertz CT molecular complexity index is 827. The first-order chi connectivity index (χ1) is 11.3. The Morgan fingerprint density at radius 1 is 1.26 bits per heavy atom. The molecule has 1 aliphatic rings. The first-order valence-electron chi connectivity index (χ1n) is 8.09. The van der Waals surface area contributed by atoms with Gasteiger partial charge in [0.2, 0.25) is 0 Å². The molecule has 0 aliphatic heterocycles. The fourth-order valence-corrected chi connectivity index (χ4v) is 3.73. The third kappa shape index (κ3) is 3.03. The minimum absolute atomic E-state index is 0.401. The number of imidazole rings is 1. The summed E-state index contributed by atoms with van der Waals surface area (Å²) in [6, 6.07) is 10.9. The number of para-hydroxylation sites is 2. The van der Waals surface area contributed by atoms with Crippen LogP contribution in [0.2, 0.25) is 0 Å². The Balaban J connectivity index is 1.45. The van der Waals surface area contributed by atoms with E-state index in [-0.39, 0.29) is 0 Å². The number of halogens is 1. The van der Waals surface area contributed by atoms with Crippen molar-refractivity contribution in [1.29, 1.82) is 0 Å². The zero-order valence-corrected chi connectivity index (χ0v) is 14.5. The number of nitrogens with one attached hydrogen (secondary N) is 1. The van der Waals surface area contributed by atoms with E-state index in [9.17, 15) is 0 Å². The average Bonchev–Trinajstić information content (AvgIpc) is 2.99. The van der Waals surface area contributed by atoms with Crippen LogP contribution in [0, 0.1) is 0 Å². The summed E-state index contributed by atoms with van der Waals surface area (Å²) in [7, 11) is 0. The topological polar surface area (TPSA) is 42.7 Å². The van der Waals surface area contributed by atoms with Crippen molar-refractivity contribution in [3.63, 3.8) is 0 Å². The van der Waals surface area contributed by atoms with Crippen LogP contribution in [-0.2, 0) is 13.0 Å². The molecule has 0 saturated carbocycles. The molecule has 4 rings (SSSR count). The van der Waals surface area contributed by atoms with Crippen molar-refractivity contribution in [3.05, 3.63) is 58.6 Å². The van der Waals surface area contributed by atoms with Crippen molar-refractivity contribution in [2.45, 2.75) is 31.8 Å². The predicted molar refractivity (Wildman–Crippen MR) is 95.4 cm³/mol. The standard InChI is InChI=1S/C18H19BrN4/c19-13-10-14-15(5-3-6-16(14)21-11-13)20-8-9-23-12-22-17-4-1-2-7-18(17)23/h1-2,4,7,10-12,15,20H,3,5-6,8-9H2. The van der Waals surface area contributed by atoms with Gasteiger partial charge in [0.05, 0.1) is 17.4 Å². The lowest BCUT2D eigenvalue weighted by molar-refractivity contribution is 0.443. The molecule has 2 aromatic heterocycles. The smallest absolute Gasteiger partial charge is 0.0958 e. The summed E-state index contributed by atoms with van der Waals surface area (Å²) in [6.45, 7) is 1.85. The third-order valence-corrected chi connectivity index (χ3v) is 4.96. The van der Waals surface area contributed by atoms with E-state index in [2.05, 4.69) is 60.0 Å². The highest BCUT2D eigenvalue weighted by Crippen LogP contribution is 2.30. The van der Waals surface area contributed by atoms with Crippen LogP contribution in [-0.4, -0.2) is 21.1 Å². The first-order valence-corrected chi connectivity index (χ1v) is 8.88. The van der Waals surface area contributed by atoms with Gasteiger partial charge in [0, 0.05) is 35.5 Å². The maximum atomic E-state index is 4.57. The maximum absolute atomic E-state index is 4.57. The Kier molecular flexibility index (Phi) is 4.14. The highest BCUT2D eigenvalue weighted by molar-refractivity contribution is 9.10. The maximum Gasteiger partial charge on any atom is 0.0958 e. The molecule has 0 spiro atoms. The second-order valence-corrected chi connectivity index (χ2v) is 6.93. The van der Waals surface area contributed by atoms with E-state index in [1.54, 1.807) is 0 Å². The average molecular weight is 371 g/mol. The molecule has 1 unspecified atom stereocenters. The fraction of sp³-hybridized carbons (Fsp3) is 0.333. The van der Waals surface area contributed by atoms with Gasteiger partial charge in [-0.2, -0.15) is 0 Å². The van der Waals surface area contributed by atoms with Crippen LogP contribution in [0.15, 0.2) is 47.3 Å². The zero-order chi connectivity index (χ0) is 15.6. The molecule has 0 amide bonds. The minimum atomic E-state index is 0.401. The van der Waals surface area contributed by atoms with Crippen molar-refractivity contribution < 1.29 is 0 Å². The molecular formula is C18H19BrN4. The highest BCUT2D eigenvalue weighted by atomic mass is 79.9. The van der Waals surface area contributed by atoms with E-state index in [1.165, 1.54) is 29.6 Å². The van der Waals surface area contributed by atoms with Gasteiger partial charge in [-0.3, -0.25) is 4.98 Å². The number of rotatable bonds is 4. The fourth-order valence-electron chi connectivity index (χ4n) is 3.38. The highest BCUT2D eigenvalue weighted by Gasteiger charge is 2.20. The molecule has 1 atom stereocenters. The van der Waals surface area contributed by atoms with Crippen molar-refractivity contribution in [2.24, 2.45) is 0 Å². The molecule has 0 bridgehead atoms. The van der Waals surface area contributed by atoms with Crippen molar-refractivity contribution in [1.82, 2.24) is 19.9 Å². The Morgan fingerprint density at radius 2 is 2.17 bits per heavy atom. The van der Waals surface area contributed by atoms with Crippen LogP contribution < -0.4 is 5.32 Å². The summed E-state index contributed by atoms with van der Waals surface area (Å²) in [4.78, 5) is 9.02. The molecule has 1 N–H and O–H groups in total. The molecule has 4 nitrogen and oxygen atoms in total. The summed E-state index contributed by atoms with van der Waals surface area (Å²) in [5.74, 6) is 0. The lowest BCUT2D eigenvalue weighted by atomic mass is 9.91. The van der Waals surface area contributed by atoms with Crippen LogP contribution in [0.5, 0.6) is 0 Å². The number of nitrogens with zero attached hydrogens (tertiary/aromatic N) is 3. The molecule has 0 fully saturated rings. The van der Waals surface area contributed by atoms with Crippen molar-refractivity contribution in [2.75, 3.05) is 6.54 Å². The first kappa shape index (κ1) is 14.8. The van der Waals surface area contributed by atoms with Crippen LogP contribution in [0.25, 0.3) is 11.0 Å². The predicted octanol–water partition coefficient (Wildman–Crippen LogP) is 3.86. The van der Waals surface area contributed by atoms with Crippen LogP contribution in [0.4, 0.5) is 0 Å². The second-order valence-electron chi connectivity index (χ2n) is 6.02. The van der Waals surface area contributed by atoms with Crippen molar-refractivity contribution in [3.8, 4) is 0 Å². The van der Waals surface area contributed by atoms with Gasteiger partial charge in [-0.05, 0) is 59.0 Å². The summed E-state index contributed by atoms with van der Waals surface area (Å²) >= 11 is 3.54. The molecule has 0 saturated heterocycles. The largest absolute Gasteiger partial charge is 0.329 e. The van der Waals surface area contributed by atoms with E-state index >= 15 is 0 Å².